The molecule has 0 aliphatic carbocycles. The molecule has 2 aromatic heterocycles. The normalized spacial score (nSPS) is 13.4. The summed E-state index contributed by atoms with van der Waals surface area (Å²) in [6.45, 7) is 0.345. The van der Waals surface area contributed by atoms with Crippen molar-refractivity contribution in [3.63, 3.8) is 0 Å². The zero-order valence-corrected chi connectivity index (χ0v) is 18.8. The van der Waals surface area contributed by atoms with E-state index >= 15 is 0 Å². The van der Waals surface area contributed by atoms with Gasteiger partial charge < -0.3 is 10.5 Å². The van der Waals surface area contributed by atoms with Crippen molar-refractivity contribution in [2.24, 2.45) is 17.6 Å². The van der Waals surface area contributed by atoms with Gasteiger partial charge in [0.1, 0.15) is 23.9 Å². The molecule has 5 nitrogen and oxygen atoms in total. The second-order valence-electron chi connectivity index (χ2n) is 8.20. The molecule has 0 bridgehead atoms. The van der Waals surface area contributed by atoms with E-state index in [4.69, 9.17) is 10.5 Å². The van der Waals surface area contributed by atoms with Crippen molar-refractivity contribution in [3.05, 3.63) is 65.1 Å². The molecule has 2 heterocycles. The number of ether oxygens (including phenoxy) is 1. The van der Waals surface area contributed by atoms with Crippen LogP contribution < -0.4 is 10.5 Å². The fourth-order valence-corrected chi connectivity index (χ4v) is 3.83. The van der Waals surface area contributed by atoms with Gasteiger partial charge in [0.25, 0.3) is 0 Å². The number of nitrogens with zero attached hydrogens (tertiary/aromatic N) is 2. The zero-order chi connectivity index (χ0) is 26.8. The fourth-order valence-electron chi connectivity index (χ4n) is 3.83. The van der Waals surface area contributed by atoms with Crippen LogP contribution in [0.25, 0.3) is 5.65 Å². The lowest BCUT2D eigenvalue weighted by Gasteiger charge is -2.26. The summed E-state index contributed by atoms with van der Waals surface area (Å²) in [5, 5.41) is 0. The van der Waals surface area contributed by atoms with Gasteiger partial charge in [-0.2, -0.15) is 26.3 Å². The molecule has 1 aromatic carbocycles. The molecule has 2 N–H and O–H groups in total. The number of carbonyl (C=O) groups excluding carboxylic acids is 1. The van der Waals surface area contributed by atoms with E-state index < -0.39 is 67.6 Å². The summed E-state index contributed by atoms with van der Waals surface area (Å²) >= 11 is 0. The minimum Gasteiger partial charge on any atom is -0.485 e. The van der Waals surface area contributed by atoms with Gasteiger partial charge >= 0.3 is 12.4 Å². The summed E-state index contributed by atoms with van der Waals surface area (Å²) in [7, 11) is 0. The standard InChI is InChI=1S/C23H21F8N3O2/c1-12-20(17(35)8-13(10-32)9-19(22(26,27)28)23(29,30)31)34-7-3-6-18(21(34)33-12)36-11-14-15(24)4-2-5-16(14)25/h2-7,13,19H,8-11,32H2,1H3. The maximum Gasteiger partial charge on any atom is 0.400 e. The quantitative estimate of drug-likeness (QED) is 0.285. The van der Waals surface area contributed by atoms with E-state index in [9.17, 15) is 39.9 Å². The number of Topliss-reactive ketones (excluding diaryl/α,β-unsaturated/α-hetero) is 1. The highest BCUT2D eigenvalue weighted by molar-refractivity contribution is 5.96. The first-order valence-corrected chi connectivity index (χ1v) is 10.6. The Balaban J connectivity index is 1.85. The molecule has 0 radical (unpaired) electrons. The summed E-state index contributed by atoms with van der Waals surface area (Å²) in [6.07, 6.45) is -11.8. The van der Waals surface area contributed by atoms with Crippen LogP contribution in [0.5, 0.6) is 5.75 Å². The first-order chi connectivity index (χ1) is 16.7. The topological polar surface area (TPSA) is 69.6 Å². The summed E-state index contributed by atoms with van der Waals surface area (Å²) < 4.78 is 112. The van der Waals surface area contributed by atoms with Crippen molar-refractivity contribution >= 4 is 11.4 Å². The minimum atomic E-state index is -5.54. The molecule has 1 atom stereocenters. The molecule has 0 saturated heterocycles. The molecule has 1 unspecified atom stereocenters. The highest BCUT2D eigenvalue weighted by Gasteiger charge is 2.56. The minimum absolute atomic E-state index is 0.0480. The molecule has 0 amide bonds. The Morgan fingerprint density at radius 3 is 2.22 bits per heavy atom. The third-order valence-corrected chi connectivity index (χ3v) is 5.65. The van der Waals surface area contributed by atoms with Crippen LogP contribution >= 0.6 is 0 Å². The Hall–Kier alpha value is -3.22. The lowest BCUT2D eigenvalue weighted by molar-refractivity contribution is -0.288. The molecular weight excluding hydrogens is 502 g/mol. The highest BCUT2D eigenvalue weighted by atomic mass is 19.4. The maximum absolute atomic E-state index is 13.9. The lowest BCUT2D eigenvalue weighted by atomic mass is 9.89. The fraction of sp³-hybridized carbons (Fsp3) is 0.391. The van der Waals surface area contributed by atoms with Gasteiger partial charge in [-0.05, 0) is 50.1 Å². The number of benzene rings is 1. The second kappa shape index (κ2) is 10.4. The first-order valence-electron chi connectivity index (χ1n) is 10.6. The molecule has 13 heteroatoms. The van der Waals surface area contributed by atoms with Gasteiger partial charge in [-0.15, -0.1) is 0 Å². The van der Waals surface area contributed by atoms with Gasteiger partial charge in [0, 0.05) is 12.6 Å². The third-order valence-electron chi connectivity index (χ3n) is 5.65. The Labute approximate surface area is 199 Å². The molecule has 0 saturated carbocycles. The number of fused-ring (bicyclic) bond motifs is 1. The van der Waals surface area contributed by atoms with Gasteiger partial charge in [-0.3, -0.25) is 9.20 Å². The van der Waals surface area contributed by atoms with E-state index in [0.717, 1.165) is 12.1 Å². The molecule has 0 fully saturated rings. The average Bonchev–Trinajstić information content (AvgIpc) is 3.11. The molecular formula is C23H21F8N3O2. The van der Waals surface area contributed by atoms with E-state index in [1.54, 1.807) is 0 Å². The van der Waals surface area contributed by atoms with Gasteiger partial charge in [-0.1, -0.05) is 6.07 Å². The number of rotatable bonds is 9. The SMILES string of the molecule is Cc1nc2c(OCc3c(F)cccc3F)cccn2c1C(=O)CC(CN)CC(C(F)(F)F)C(F)(F)F. The maximum atomic E-state index is 13.9. The van der Waals surface area contributed by atoms with E-state index in [1.165, 1.54) is 35.7 Å². The summed E-state index contributed by atoms with van der Waals surface area (Å²) in [5.74, 6) is -7.40. The second-order valence-corrected chi connectivity index (χ2v) is 8.20. The van der Waals surface area contributed by atoms with Gasteiger partial charge in [0.15, 0.2) is 23.1 Å². The Morgan fingerprint density at radius 1 is 1.06 bits per heavy atom. The van der Waals surface area contributed by atoms with Crippen LogP contribution in [-0.2, 0) is 6.61 Å². The number of imidazole rings is 1. The van der Waals surface area contributed by atoms with E-state index in [-0.39, 0.29) is 28.3 Å². The number of alkyl halides is 6. The Morgan fingerprint density at radius 2 is 1.67 bits per heavy atom. The average molecular weight is 523 g/mol. The van der Waals surface area contributed by atoms with Crippen LogP contribution in [0.2, 0.25) is 0 Å². The Kier molecular flexibility index (Phi) is 7.91. The number of halogens is 8. The van der Waals surface area contributed by atoms with Gasteiger partial charge in [0.2, 0.25) is 0 Å². The van der Waals surface area contributed by atoms with Crippen LogP contribution in [0.3, 0.4) is 0 Å². The number of hydrogen-bond acceptors (Lipinski definition) is 4. The van der Waals surface area contributed by atoms with Crippen molar-refractivity contribution in [1.29, 1.82) is 0 Å². The van der Waals surface area contributed by atoms with Gasteiger partial charge in [-0.25, -0.2) is 13.8 Å². The molecule has 3 rings (SSSR count). The van der Waals surface area contributed by atoms with Crippen molar-refractivity contribution in [3.8, 4) is 5.75 Å². The summed E-state index contributed by atoms with van der Waals surface area (Å²) in [5.41, 5.74) is 5.20. The summed E-state index contributed by atoms with van der Waals surface area (Å²) in [4.78, 5) is 17.2. The largest absolute Gasteiger partial charge is 0.485 e. The van der Waals surface area contributed by atoms with E-state index in [0.29, 0.717) is 0 Å². The molecule has 3 aromatic rings. The molecule has 0 spiro atoms. The third kappa shape index (κ3) is 5.94. The highest BCUT2D eigenvalue weighted by Crippen LogP contribution is 2.43. The van der Waals surface area contributed by atoms with E-state index in [2.05, 4.69) is 4.98 Å². The van der Waals surface area contributed by atoms with Crippen LogP contribution in [-0.4, -0.2) is 34.1 Å². The smallest absolute Gasteiger partial charge is 0.400 e. The van der Waals surface area contributed by atoms with Crippen LogP contribution in [0, 0.1) is 30.4 Å². The van der Waals surface area contributed by atoms with Crippen LogP contribution in [0.4, 0.5) is 35.1 Å². The van der Waals surface area contributed by atoms with Crippen LogP contribution in [0.1, 0.15) is 34.6 Å². The van der Waals surface area contributed by atoms with Crippen LogP contribution in [0.15, 0.2) is 36.5 Å². The zero-order valence-electron chi connectivity index (χ0n) is 18.8. The van der Waals surface area contributed by atoms with Crippen molar-refractivity contribution in [2.45, 2.75) is 38.7 Å². The predicted octanol–water partition coefficient (Wildman–Crippen LogP) is 5.78. The number of nitrogens with two attached hydrogens (primary N) is 1. The Bertz CT molecular complexity index is 1200. The first kappa shape index (κ1) is 27.4. The summed E-state index contributed by atoms with van der Waals surface area (Å²) in [6, 6.07) is 6.14. The van der Waals surface area contributed by atoms with E-state index in [1.807, 2.05) is 0 Å². The molecule has 0 aliphatic rings. The van der Waals surface area contributed by atoms with Crippen molar-refractivity contribution < 1.29 is 44.7 Å². The number of hydrogen-bond donors (Lipinski definition) is 1. The number of ketones is 1. The number of pyridine rings is 1. The number of aryl methyl sites for hydroxylation is 1. The lowest BCUT2D eigenvalue weighted by Crippen LogP contribution is -2.39. The van der Waals surface area contributed by atoms with Crippen molar-refractivity contribution in [2.75, 3.05) is 6.54 Å². The predicted molar refractivity (Wildman–Crippen MR) is 112 cm³/mol. The molecule has 0 aliphatic heterocycles. The number of carbonyl (C=O) groups is 1. The molecule has 196 valence electrons. The monoisotopic (exact) mass is 523 g/mol. The van der Waals surface area contributed by atoms with Gasteiger partial charge in [0.05, 0.1) is 11.3 Å². The molecule has 36 heavy (non-hydrogen) atoms. The van der Waals surface area contributed by atoms with Crippen molar-refractivity contribution in [1.82, 2.24) is 9.38 Å². The number of aromatic nitrogens is 2.